The summed E-state index contributed by atoms with van der Waals surface area (Å²) in [6, 6.07) is 15.2. The Balaban J connectivity index is 2.09. The van der Waals surface area contributed by atoms with Crippen LogP contribution in [0, 0.1) is 0 Å². The van der Waals surface area contributed by atoms with Crippen LogP contribution in [0.3, 0.4) is 0 Å². The van der Waals surface area contributed by atoms with E-state index >= 15 is 0 Å². The molecule has 0 saturated heterocycles. The number of benzene rings is 2. The molecular weight excluding hydrogens is 264 g/mol. The highest BCUT2D eigenvalue weighted by Crippen LogP contribution is 2.44. The molecule has 3 heteroatoms. The van der Waals surface area contributed by atoms with E-state index in [2.05, 4.69) is 0 Å². The third kappa shape index (κ3) is 2.64. The van der Waals surface area contributed by atoms with E-state index in [1.54, 1.807) is 0 Å². The minimum Gasteiger partial charge on any atom is -0.459 e. The molecule has 1 heterocycles. The Morgan fingerprint density at radius 3 is 1.90 bits per heavy atom. The second-order valence-corrected chi connectivity index (χ2v) is 6.14. The number of fused-ring (bicyclic) bond motifs is 2. The van der Waals surface area contributed by atoms with Gasteiger partial charge in [0.1, 0.15) is 23.0 Å². The van der Waals surface area contributed by atoms with Gasteiger partial charge in [-0.15, -0.1) is 0 Å². The van der Waals surface area contributed by atoms with Gasteiger partial charge < -0.3 is 9.47 Å². The number of carbonyl (C=O) groups excluding carboxylic acids is 1. The van der Waals surface area contributed by atoms with Gasteiger partial charge in [-0.25, -0.2) is 0 Å². The first-order valence-corrected chi connectivity index (χ1v) is 7.04. The molecular formula is C18H18O3. The molecule has 0 aliphatic carbocycles. The summed E-state index contributed by atoms with van der Waals surface area (Å²) in [5.41, 5.74) is 1.19. The lowest BCUT2D eigenvalue weighted by Gasteiger charge is -2.29. The standard InChI is InChI=1S/C18H18O3/c1-18(2,3)21-17(19)16-12-8-4-6-10-14(12)20-15-11-7-5-9-13(15)16/h4-11,16H,1-3H3. The molecule has 0 aromatic heterocycles. The summed E-state index contributed by atoms with van der Waals surface area (Å²) in [6.07, 6.45) is 0. The highest BCUT2D eigenvalue weighted by atomic mass is 16.6. The van der Waals surface area contributed by atoms with Gasteiger partial charge in [0.25, 0.3) is 0 Å². The van der Waals surface area contributed by atoms with Crippen LogP contribution in [0.25, 0.3) is 0 Å². The van der Waals surface area contributed by atoms with E-state index < -0.39 is 11.5 Å². The molecule has 0 saturated carbocycles. The van der Waals surface area contributed by atoms with Gasteiger partial charge in [0.2, 0.25) is 0 Å². The summed E-state index contributed by atoms with van der Waals surface area (Å²) >= 11 is 0. The Morgan fingerprint density at radius 2 is 1.43 bits per heavy atom. The van der Waals surface area contributed by atoms with Gasteiger partial charge in [-0.05, 0) is 32.9 Å². The topological polar surface area (TPSA) is 35.5 Å². The number of rotatable bonds is 1. The third-order valence-corrected chi connectivity index (χ3v) is 3.32. The van der Waals surface area contributed by atoms with Gasteiger partial charge in [-0.1, -0.05) is 36.4 Å². The van der Waals surface area contributed by atoms with Crippen LogP contribution < -0.4 is 4.74 Å². The summed E-state index contributed by atoms with van der Waals surface area (Å²) < 4.78 is 11.5. The Kier molecular flexibility index (Phi) is 3.20. The van der Waals surface area contributed by atoms with Crippen LogP contribution >= 0.6 is 0 Å². The van der Waals surface area contributed by atoms with Crippen LogP contribution in [0.4, 0.5) is 0 Å². The summed E-state index contributed by atoms with van der Waals surface area (Å²) in [6.45, 7) is 5.63. The summed E-state index contributed by atoms with van der Waals surface area (Å²) in [5, 5.41) is 0. The molecule has 2 aromatic carbocycles. The molecule has 3 rings (SSSR count). The molecule has 0 unspecified atom stereocenters. The first-order valence-electron chi connectivity index (χ1n) is 7.04. The van der Waals surface area contributed by atoms with Gasteiger partial charge in [-0.2, -0.15) is 0 Å². The number of ether oxygens (including phenoxy) is 2. The van der Waals surface area contributed by atoms with Gasteiger partial charge in [0.05, 0.1) is 0 Å². The van der Waals surface area contributed by atoms with Gasteiger partial charge in [0, 0.05) is 11.1 Å². The predicted octanol–water partition coefficient (Wildman–Crippen LogP) is 4.27. The molecule has 21 heavy (non-hydrogen) atoms. The predicted molar refractivity (Wildman–Crippen MR) is 80.6 cm³/mol. The SMILES string of the molecule is CC(C)(C)OC(=O)C1c2ccccc2Oc2ccccc21. The number of hydrogen-bond acceptors (Lipinski definition) is 3. The van der Waals surface area contributed by atoms with Crippen molar-refractivity contribution in [2.24, 2.45) is 0 Å². The maximum absolute atomic E-state index is 12.7. The first-order chi connectivity index (χ1) is 9.96. The average Bonchev–Trinajstić information content (AvgIpc) is 2.42. The van der Waals surface area contributed by atoms with E-state index in [-0.39, 0.29) is 5.97 Å². The lowest BCUT2D eigenvalue weighted by atomic mass is 9.88. The zero-order valence-electron chi connectivity index (χ0n) is 12.4. The van der Waals surface area contributed by atoms with Gasteiger partial charge >= 0.3 is 5.97 Å². The lowest BCUT2D eigenvalue weighted by molar-refractivity contribution is -0.155. The lowest BCUT2D eigenvalue weighted by Crippen LogP contribution is -2.29. The van der Waals surface area contributed by atoms with Gasteiger partial charge in [-0.3, -0.25) is 4.79 Å². The number of hydrogen-bond donors (Lipinski definition) is 0. The first kappa shape index (κ1) is 13.7. The number of carbonyl (C=O) groups is 1. The van der Waals surface area contributed by atoms with Crippen LogP contribution in [0.15, 0.2) is 48.5 Å². The fourth-order valence-electron chi connectivity index (χ4n) is 2.52. The van der Waals surface area contributed by atoms with Crippen molar-refractivity contribution in [1.82, 2.24) is 0 Å². The van der Waals surface area contributed by atoms with E-state index in [0.717, 1.165) is 11.1 Å². The molecule has 1 aliphatic heterocycles. The van der Waals surface area contributed by atoms with Crippen molar-refractivity contribution >= 4 is 5.97 Å². The van der Waals surface area contributed by atoms with E-state index in [4.69, 9.17) is 9.47 Å². The van der Waals surface area contributed by atoms with Crippen molar-refractivity contribution in [1.29, 1.82) is 0 Å². The second kappa shape index (κ2) is 4.92. The fourth-order valence-corrected chi connectivity index (χ4v) is 2.52. The van der Waals surface area contributed by atoms with Crippen molar-refractivity contribution in [3.63, 3.8) is 0 Å². The Morgan fingerprint density at radius 1 is 0.952 bits per heavy atom. The third-order valence-electron chi connectivity index (χ3n) is 3.32. The molecule has 0 spiro atoms. The fraction of sp³-hybridized carbons (Fsp3) is 0.278. The number of esters is 1. The minimum atomic E-state index is -0.515. The number of para-hydroxylation sites is 2. The zero-order valence-corrected chi connectivity index (χ0v) is 12.4. The summed E-state index contributed by atoms with van der Waals surface area (Å²) in [4.78, 5) is 12.7. The monoisotopic (exact) mass is 282 g/mol. The maximum Gasteiger partial charge on any atom is 0.318 e. The van der Waals surface area contributed by atoms with E-state index in [1.165, 1.54) is 0 Å². The Bertz CT molecular complexity index is 637. The normalized spacial score (nSPS) is 13.9. The summed E-state index contributed by atoms with van der Waals surface area (Å²) in [7, 11) is 0. The molecule has 0 bridgehead atoms. The van der Waals surface area contributed by atoms with Crippen molar-refractivity contribution in [3.8, 4) is 11.5 Å². The molecule has 0 fully saturated rings. The van der Waals surface area contributed by atoms with Crippen molar-refractivity contribution in [3.05, 3.63) is 59.7 Å². The molecule has 0 atom stereocenters. The maximum atomic E-state index is 12.7. The zero-order chi connectivity index (χ0) is 15.0. The Labute approximate surface area is 124 Å². The highest BCUT2D eigenvalue weighted by Gasteiger charge is 2.35. The highest BCUT2D eigenvalue weighted by molar-refractivity contribution is 5.85. The average molecular weight is 282 g/mol. The second-order valence-electron chi connectivity index (χ2n) is 6.14. The van der Waals surface area contributed by atoms with Crippen LogP contribution in [0.1, 0.15) is 37.8 Å². The minimum absolute atomic E-state index is 0.245. The molecule has 2 aromatic rings. The van der Waals surface area contributed by atoms with Crippen LogP contribution in [-0.2, 0) is 9.53 Å². The van der Waals surface area contributed by atoms with E-state index in [1.807, 2.05) is 69.3 Å². The molecule has 108 valence electrons. The van der Waals surface area contributed by atoms with E-state index in [0.29, 0.717) is 11.5 Å². The smallest absolute Gasteiger partial charge is 0.318 e. The van der Waals surface area contributed by atoms with Crippen LogP contribution in [0.5, 0.6) is 11.5 Å². The largest absolute Gasteiger partial charge is 0.459 e. The van der Waals surface area contributed by atoms with Crippen molar-refractivity contribution in [2.45, 2.75) is 32.3 Å². The molecule has 1 aliphatic rings. The molecule has 0 N–H and O–H groups in total. The molecule has 0 amide bonds. The van der Waals surface area contributed by atoms with Crippen LogP contribution in [0.2, 0.25) is 0 Å². The van der Waals surface area contributed by atoms with E-state index in [9.17, 15) is 4.79 Å². The summed E-state index contributed by atoms with van der Waals surface area (Å²) in [5.74, 6) is 0.746. The van der Waals surface area contributed by atoms with Gasteiger partial charge in [0.15, 0.2) is 0 Å². The molecule has 0 radical (unpaired) electrons. The van der Waals surface area contributed by atoms with Crippen LogP contribution in [-0.4, -0.2) is 11.6 Å². The van der Waals surface area contributed by atoms with Crippen molar-refractivity contribution in [2.75, 3.05) is 0 Å². The van der Waals surface area contributed by atoms with Crippen molar-refractivity contribution < 1.29 is 14.3 Å². The molecule has 3 nitrogen and oxygen atoms in total. The Hall–Kier alpha value is -2.29. The quantitative estimate of drug-likeness (QED) is 0.733.